The maximum Gasteiger partial charge on any atom is 0.182 e. The summed E-state index contributed by atoms with van der Waals surface area (Å²) in [5, 5.41) is 1.86. The fourth-order valence-electron chi connectivity index (χ4n) is 1.51. The second kappa shape index (κ2) is 5.10. The third-order valence-electron chi connectivity index (χ3n) is 2.42. The largest absolute Gasteiger partial charge is 0.495 e. The quantitative estimate of drug-likeness (QED) is 0.780. The molecule has 0 atom stereocenters. The summed E-state index contributed by atoms with van der Waals surface area (Å²) in [6.45, 7) is 1.97. The Morgan fingerprint density at radius 2 is 2.24 bits per heavy atom. The van der Waals surface area contributed by atoms with Crippen molar-refractivity contribution in [3.05, 3.63) is 45.9 Å². The van der Waals surface area contributed by atoms with Crippen molar-refractivity contribution in [3.63, 3.8) is 0 Å². The molecule has 0 unspecified atom stereocenters. The van der Waals surface area contributed by atoms with Crippen LogP contribution in [-0.2, 0) is 6.42 Å². The number of hydrogen-bond donors (Lipinski definition) is 0. The summed E-state index contributed by atoms with van der Waals surface area (Å²) in [4.78, 5) is 16.9. The van der Waals surface area contributed by atoms with Crippen molar-refractivity contribution in [1.29, 1.82) is 0 Å². The van der Waals surface area contributed by atoms with Gasteiger partial charge in [0.15, 0.2) is 5.78 Å². The predicted octanol–water partition coefficient (Wildman–Crippen LogP) is 2.89. The van der Waals surface area contributed by atoms with Gasteiger partial charge >= 0.3 is 0 Å². The first-order valence-electron chi connectivity index (χ1n) is 5.27. The predicted molar refractivity (Wildman–Crippen MR) is 67.9 cm³/mol. The zero-order valence-corrected chi connectivity index (χ0v) is 10.6. The summed E-state index contributed by atoms with van der Waals surface area (Å²) in [5.74, 6) is 0.695. The van der Waals surface area contributed by atoms with Crippen molar-refractivity contribution in [3.8, 4) is 5.75 Å². The first kappa shape index (κ1) is 11.8. The number of hydrogen-bond acceptors (Lipinski definition) is 4. The number of Topliss-reactive ketones (excluding diaryl/α,β-unsaturated/α-hetero) is 1. The van der Waals surface area contributed by atoms with E-state index in [0.29, 0.717) is 17.0 Å². The molecular formula is C13H13NO2S. The summed E-state index contributed by atoms with van der Waals surface area (Å²) in [7, 11) is 1.57. The van der Waals surface area contributed by atoms with Crippen LogP contribution in [0, 0.1) is 6.92 Å². The Bertz CT molecular complexity index is 516. The molecule has 0 aromatic carbocycles. The maximum atomic E-state index is 12.0. The molecule has 3 nitrogen and oxygen atoms in total. The van der Waals surface area contributed by atoms with Crippen LogP contribution in [-0.4, -0.2) is 17.9 Å². The van der Waals surface area contributed by atoms with Crippen molar-refractivity contribution in [2.75, 3.05) is 7.11 Å². The van der Waals surface area contributed by atoms with E-state index in [-0.39, 0.29) is 5.78 Å². The van der Waals surface area contributed by atoms with Gasteiger partial charge in [-0.1, -0.05) is 6.07 Å². The van der Waals surface area contributed by atoms with Gasteiger partial charge in [0.1, 0.15) is 10.6 Å². The molecule has 0 radical (unpaired) electrons. The summed E-state index contributed by atoms with van der Waals surface area (Å²) in [6, 6.07) is 5.65. The van der Waals surface area contributed by atoms with E-state index in [1.807, 2.05) is 24.4 Å². The molecule has 0 aliphatic heterocycles. The van der Waals surface area contributed by atoms with Crippen molar-refractivity contribution in [2.45, 2.75) is 13.3 Å². The molecule has 2 rings (SSSR count). The lowest BCUT2D eigenvalue weighted by atomic mass is 10.1. The monoisotopic (exact) mass is 247 g/mol. The van der Waals surface area contributed by atoms with Crippen molar-refractivity contribution < 1.29 is 9.53 Å². The van der Waals surface area contributed by atoms with Gasteiger partial charge in [-0.2, -0.15) is 0 Å². The molecule has 0 fully saturated rings. The highest BCUT2D eigenvalue weighted by Crippen LogP contribution is 2.25. The van der Waals surface area contributed by atoms with E-state index in [4.69, 9.17) is 4.74 Å². The molecule has 17 heavy (non-hydrogen) atoms. The van der Waals surface area contributed by atoms with Gasteiger partial charge in [0.2, 0.25) is 0 Å². The summed E-state index contributed by atoms with van der Waals surface area (Å²) in [6.07, 6.45) is 2.09. The summed E-state index contributed by atoms with van der Waals surface area (Å²) >= 11 is 1.40. The Balaban J connectivity index is 2.14. The van der Waals surface area contributed by atoms with Crippen LogP contribution in [0.4, 0.5) is 0 Å². The number of pyridine rings is 1. The minimum Gasteiger partial charge on any atom is -0.495 e. The van der Waals surface area contributed by atoms with E-state index in [9.17, 15) is 4.79 Å². The molecule has 0 N–H and O–H groups in total. The van der Waals surface area contributed by atoms with Crippen LogP contribution in [0.2, 0.25) is 0 Å². The average Bonchev–Trinajstić information content (AvgIpc) is 2.80. The van der Waals surface area contributed by atoms with Crippen LogP contribution in [0.15, 0.2) is 29.8 Å². The van der Waals surface area contributed by atoms with Gasteiger partial charge in [-0.25, -0.2) is 0 Å². The fourth-order valence-corrected chi connectivity index (χ4v) is 2.31. The summed E-state index contributed by atoms with van der Waals surface area (Å²) in [5.41, 5.74) is 1.88. The number of aromatic nitrogens is 1. The highest BCUT2D eigenvalue weighted by atomic mass is 32.1. The van der Waals surface area contributed by atoms with Crippen molar-refractivity contribution >= 4 is 17.1 Å². The molecular weight excluding hydrogens is 234 g/mol. The number of carbonyl (C=O) groups is 1. The molecule has 4 heteroatoms. The van der Waals surface area contributed by atoms with Crippen LogP contribution >= 0.6 is 11.3 Å². The Labute approximate surface area is 104 Å². The molecule has 88 valence electrons. The highest BCUT2D eigenvalue weighted by molar-refractivity contribution is 7.12. The van der Waals surface area contributed by atoms with Crippen LogP contribution in [0.1, 0.15) is 20.9 Å². The van der Waals surface area contributed by atoms with Crippen LogP contribution in [0.3, 0.4) is 0 Å². The standard InChI is InChI=1S/C13H13NO2S/c1-9-3-4-10(14-8-9)7-11(15)13-12(16-2)5-6-17-13/h3-6,8H,7H2,1-2H3. The number of ketones is 1. The highest BCUT2D eigenvalue weighted by Gasteiger charge is 2.14. The number of ether oxygens (including phenoxy) is 1. The molecule has 2 heterocycles. The van der Waals surface area contributed by atoms with E-state index in [1.165, 1.54) is 11.3 Å². The van der Waals surface area contributed by atoms with Crippen LogP contribution in [0.25, 0.3) is 0 Å². The smallest absolute Gasteiger partial charge is 0.182 e. The van der Waals surface area contributed by atoms with E-state index >= 15 is 0 Å². The molecule has 0 bridgehead atoms. The molecule has 0 aliphatic rings. The Kier molecular flexibility index (Phi) is 3.54. The fraction of sp³-hybridized carbons (Fsp3) is 0.231. The second-order valence-electron chi connectivity index (χ2n) is 3.74. The third kappa shape index (κ3) is 2.71. The van der Waals surface area contributed by atoms with Gasteiger partial charge in [0.05, 0.1) is 13.5 Å². The minimum atomic E-state index is 0.0493. The van der Waals surface area contributed by atoms with Gasteiger partial charge in [0.25, 0.3) is 0 Å². The van der Waals surface area contributed by atoms with E-state index in [1.54, 1.807) is 19.4 Å². The molecule has 0 spiro atoms. The van der Waals surface area contributed by atoms with Crippen LogP contribution < -0.4 is 4.74 Å². The number of nitrogens with zero attached hydrogens (tertiary/aromatic N) is 1. The topological polar surface area (TPSA) is 39.2 Å². The summed E-state index contributed by atoms with van der Waals surface area (Å²) < 4.78 is 5.13. The molecule has 2 aromatic heterocycles. The second-order valence-corrected chi connectivity index (χ2v) is 4.66. The van der Waals surface area contributed by atoms with Crippen molar-refractivity contribution in [1.82, 2.24) is 4.98 Å². The average molecular weight is 247 g/mol. The zero-order chi connectivity index (χ0) is 12.3. The lowest BCUT2D eigenvalue weighted by molar-refractivity contribution is 0.0993. The Morgan fingerprint density at radius 1 is 1.41 bits per heavy atom. The SMILES string of the molecule is COc1ccsc1C(=O)Cc1ccc(C)cn1. The molecule has 0 aliphatic carbocycles. The normalized spacial score (nSPS) is 10.2. The number of methoxy groups -OCH3 is 1. The maximum absolute atomic E-state index is 12.0. The van der Waals surface area contributed by atoms with Crippen molar-refractivity contribution in [2.24, 2.45) is 0 Å². The first-order valence-corrected chi connectivity index (χ1v) is 6.15. The first-order chi connectivity index (χ1) is 8.20. The molecule has 0 amide bonds. The van der Waals surface area contributed by atoms with Crippen LogP contribution in [0.5, 0.6) is 5.75 Å². The number of rotatable bonds is 4. The number of aryl methyl sites for hydroxylation is 1. The lowest BCUT2D eigenvalue weighted by Crippen LogP contribution is -2.04. The van der Waals surface area contributed by atoms with Gasteiger partial charge in [-0.15, -0.1) is 11.3 Å². The van der Waals surface area contributed by atoms with Gasteiger partial charge in [0, 0.05) is 11.9 Å². The lowest BCUT2D eigenvalue weighted by Gasteiger charge is -2.02. The number of carbonyl (C=O) groups excluding carboxylic acids is 1. The number of thiophene rings is 1. The van der Waals surface area contributed by atoms with E-state index in [0.717, 1.165) is 11.3 Å². The molecule has 0 saturated heterocycles. The zero-order valence-electron chi connectivity index (χ0n) is 9.77. The van der Waals surface area contributed by atoms with E-state index in [2.05, 4.69) is 4.98 Å². The Hall–Kier alpha value is -1.68. The van der Waals surface area contributed by atoms with Gasteiger partial charge in [-0.05, 0) is 30.0 Å². The Morgan fingerprint density at radius 3 is 2.88 bits per heavy atom. The van der Waals surface area contributed by atoms with E-state index < -0.39 is 0 Å². The third-order valence-corrected chi connectivity index (χ3v) is 3.35. The minimum absolute atomic E-state index is 0.0493. The molecule has 0 saturated carbocycles. The molecule has 2 aromatic rings. The van der Waals surface area contributed by atoms with Gasteiger partial charge in [-0.3, -0.25) is 9.78 Å². The van der Waals surface area contributed by atoms with Gasteiger partial charge < -0.3 is 4.74 Å².